The van der Waals surface area contributed by atoms with E-state index in [1.807, 2.05) is 0 Å². The number of sulfone groups is 1. The van der Waals surface area contributed by atoms with Gasteiger partial charge in [-0.1, -0.05) is 0 Å². The van der Waals surface area contributed by atoms with Gasteiger partial charge in [0.15, 0.2) is 20.5 Å². The van der Waals surface area contributed by atoms with Gasteiger partial charge in [-0.2, -0.15) is 18.4 Å². The Kier molecular flexibility index (Phi) is 6.79. The van der Waals surface area contributed by atoms with Crippen LogP contribution in [0.2, 0.25) is 0 Å². The first-order valence-electron chi connectivity index (χ1n) is 9.40. The summed E-state index contributed by atoms with van der Waals surface area (Å²) in [6, 6.07) is 7.39. The number of amides is 1. The van der Waals surface area contributed by atoms with Crippen LogP contribution >= 0.6 is 10.8 Å². The molecule has 1 amide bonds. The van der Waals surface area contributed by atoms with Crippen LogP contribution in [0.3, 0.4) is 0 Å². The number of amidine groups is 1. The molecule has 35 heavy (non-hydrogen) atoms. The molecule has 186 valence electrons. The lowest BCUT2D eigenvalue weighted by Gasteiger charge is -2.23. The fourth-order valence-electron chi connectivity index (χ4n) is 3.25. The highest BCUT2D eigenvalue weighted by Crippen LogP contribution is 2.39. The number of nitriles is 1. The van der Waals surface area contributed by atoms with E-state index in [1.54, 1.807) is 0 Å². The lowest BCUT2D eigenvalue weighted by molar-refractivity contribution is -0.137. The largest absolute Gasteiger partial charge is 0.417 e. The fourth-order valence-corrected chi connectivity index (χ4v) is 6.81. The first kappa shape index (κ1) is 26.6. The second-order valence-corrected chi connectivity index (χ2v) is 13.9. The second-order valence-electron chi connectivity index (χ2n) is 7.65. The van der Waals surface area contributed by atoms with Gasteiger partial charge < -0.3 is 0 Å². The minimum Gasteiger partial charge on any atom is -0.271 e. The van der Waals surface area contributed by atoms with Crippen molar-refractivity contribution in [3.8, 4) is 6.07 Å². The minimum atomic E-state index is -4.97. The number of aliphatic imine (C=N–C) groups is 1. The number of carbonyl (C=O) groups excluding carboxylic acids is 1. The first-order valence-corrected chi connectivity index (χ1v) is 14.3. The number of hydrogen-bond acceptors (Lipinski definition) is 8. The standard InChI is InChI=1S/C20H15F4N3O5S3/c1-19(11-35(31,32)15-7-4-13(21)5-8-15)17(28)27(18(26-19)33-34(2,29)30)14-6-3-12(10-25)16(9-14)20(22,23)24/h3-9H,11H2,1-2H3. The van der Waals surface area contributed by atoms with Crippen LogP contribution in [0.1, 0.15) is 18.1 Å². The Morgan fingerprint density at radius 1 is 1.11 bits per heavy atom. The molecule has 1 aliphatic heterocycles. The van der Waals surface area contributed by atoms with E-state index in [9.17, 15) is 39.2 Å². The van der Waals surface area contributed by atoms with Crippen LogP contribution in [0.4, 0.5) is 23.2 Å². The molecule has 0 aliphatic carbocycles. The van der Waals surface area contributed by atoms with Crippen molar-refractivity contribution in [3.05, 3.63) is 59.4 Å². The van der Waals surface area contributed by atoms with E-state index >= 15 is 0 Å². The van der Waals surface area contributed by atoms with Crippen molar-refractivity contribution < 1.29 is 39.2 Å². The van der Waals surface area contributed by atoms with Gasteiger partial charge >= 0.3 is 6.18 Å². The molecule has 0 saturated carbocycles. The molecule has 1 unspecified atom stereocenters. The molecule has 0 saturated heterocycles. The Morgan fingerprint density at radius 3 is 2.23 bits per heavy atom. The van der Waals surface area contributed by atoms with E-state index in [-0.39, 0.29) is 15.7 Å². The maximum Gasteiger partial charge on any atom is 0.417 e. The lowest BCUT2D eigenvalue weighted by atomic mass is 10.0. The molecule has 1 heterocycles. The predicted molar refractivity (Wildman–Crippen MR) is 120 cm³/mol. The Balaban J connectivity index is 2.12. The average molecular weight is 550 g/mol. The van der Waals surface area contributed by atoms with Gasteiger partial charge in [0.05, 0.1) is 33.5 Å². The number of nitrogens with zero attached hydrogens (tertiary/aromatic N) is 3. The summed E-state index contributed by atoms with van der Waals surface area (Å²) in [6.45, 7) is 1.09. The maximum atomic E-state index is 13.5. The van der Waals surface area contributed by atoms with Crippen molar-refractivity contribution in [2.45, 2.75) is 23.5 Å². The third-order valence-corrected chi connectivity index (χ3v) is 8.77. The summed E-state index contributed by atoms with van der Waals surface area (Å²) in [4.78, 5) is 17.6. The normalized spacial score (nSPS) is 18.9. The molecule has 2 aromatic carbocycles. The highest BCUT2D eigenvalue weighted by Gasteiger charge is 2.50. The summed E-state index contributed by atoms with van der Waals surface area (Å²) in [5.41, 5.74) is -4.68. The van der Waals surface area contributed by atoms with Crippen molar-refractivity contribution in [1.82, 2.24) is 0 Å². The molecule has 0 N–H and O–H groups in total. The first-order chi connectivity index (χ1) is 16.0. The van der Waals surface area contributed by atoms with Gasteiger partial charge in [0.25, 0.3) is 5.91 Å². The highest BCUT2D eigenvalue weighted by atomic mass is 33.1. The molecule has 8 nitrogen and oxygen atoms in total. The van der Waals surface area contributed by atoms with Crippen LogP contribution in [-0.2, 0) is 29.7 Å². The molecule has 1 aliphatic rings. The summed E-state index contributed by atoms with van der Waals surface area (Å²) in [5.74, 6) is -2.78. The molecule has 3 rings (SSSR count). The molecule has 0 fully saturated rings. The van der Waals surface area contributed by atoms with Gasteiger partial charge in [-0.25, -0.2) is 26.2 Å². The van der Waals surface area contributed by atoms with Crippen LogP contribution in [0, 0.1) is 17.1 Å². The summed E-state index contributed by atoms with van der Waals surface area (Å²) in [5, 5.41) is 8.44. The minimum absolute atomic E-state index is 0.0571. The van der Waals surface area contributed by atoms with Gasteiger partial charge in [-0.3, -0.25) is 9.69 Å². The Labute approximate surface area is 201 Å². The quantitative estimate of drug-likeness (QED) is 0.318. The number of alkyl halides is 3. The molecule has 15 heteroatoms. The molecular formula is C20H15F4N3O5S3. The molecule has 0 radical (unpaired) electrons. The fraction of sp³-hybridized carbons (Fsp3) is 0.250. The number of rotatable bonds is 5. The van der Waals surface area contributed by atoms with Gasteiger partial charge in [0.2, 0.25) is 8.87 Å². The lowest BCUT2D eigenvalue weighted by Crippen LogP contribution is -2.45. The zero-order valence-electron chi connectivity index (χ0n) is 17.9. The van der Waals surface area contributed by atoms with Gasteiger partial charge in [-0.05, 0) is 49.4 Å². The van der Waals surface area contributed by atoms with E-state index in [4.69, 9.17) is 5.26 Å². The number of carbonyl (C=O) groups is 1. The second kappa shape index (κ2) is 8.92. The summed E-state index contributed by atoms with van der Waals surface area (Å²) < 4.78 is 103. The maximum absolute atomic E-state index is 13.5. The van der Waals surface area contributed by atoms with Crippen LogP contribution in [0.5, 0.6) is 0 Å². The zero-order chi connectivity index (χ0) is 26.4. The zero-order valence-corrected chi connectivity index (χ0v) is 20.3. The highest BCUT2D eigenvalue weighted by molar-refractivity contribution is 8.77. The summed E-state index contributed by atoms with van der Waals surface area (Å²) in [7, 11) is -8.16. The Morgan fingerprint density at radius 2 is 1.71 bits per heavy atom. The SMILES string of the molecule is CC1(CS(=O)(=O)c2ccc(F)cc2)N=C(SS(C)(=O)=O)N(c2ccc(C#N)c(C(F)(F)F)c2)C1=O. The van der Waals surface area contributed by atoms with Gasteiger partial charge in [0, 0.05) is 17.0 Å². The van der Waals surface area contributed by atoms with E-state index in [2.05, 4.69) is 4.99 Å². The van der Waals surface area contributed by atoms with E-state index < -0.39 is 69.9 Å². The summed E-state index contributed by atoms with van der Waals surface area (Å²) in [6.07, 6.45) is -4.20. The van der Waals surface area contributed by atoms with E-state index in [0.717, 1.165) is 49.6 Å². The van der Waals surface area contributed by atoms with Crippen molar-refractivity contribution in [2.75, 3.05) is 16.9 Å². The molecule has 0 bridgehead atoms. The number of hydrogen-bond donors (Lipinski definition) is 0. The number of benzene rings is 2. The molecular weight excluding hydrogens is 534 g/mol. The van der Waals surface area contributed by atoms with Crippen LogP contribution < -0.4 is 4.90 Å². The molecule has 0 spiro atoms. The van der Waals surface area contributed by atoms with Crippen molar-refractivity contribution in [1.29, 1.82) is 5.26 Å². The van der Waals surface area contributed by atoms with Crippen LogP contribution in [0.15, 0.2) is 52.4 Å². The van der Waals surface area contributed by atoms with E-state index in [0.29, 0.717) is 11.0 Å². The molecule has 0 aromatic heterocycles. The van der Waals surface area contributed by atoms with Crippen molar-refractivity contribution in [3.63, 3.8) is 0 Å². The van der Waals surface area contributed by atoms with Crippen molar-refractivity contribution in [2.24, 2.45) is 4.99 Å². The summed E-state index contributed by atoms with van der Waals surface area (Å²) >= 11 is 0. The Hall–Kier alpha value is -2.96. The van der Waals surface area contributed by atoms with Crippen LogP contribution in [-0.4, -0.2) is 45.5 Å². The van der Waals surface area contributed by atoms with Crippen LogP contribution in [0.25, 0.3) is 0 Å². The predicted octanol–water partition coefficient (Wildman–Crippen LogP) is 3.34. The average Bonchev–Trinajstić information content (AvgIpc) is 2.94. The smallest absolute Gasteiger partial charge is 0.271 e. The Bertz CT molecular complexity index is 1480. The number of anilines is 1. The van der Waals surface area contributed by atoms with Crippen molar-refractivity contribution >= 4 is 46.3 Å². The van der Waals surface area contributed by atoms with E-state index in [1.165, 1.54) is 6.07 Å². The van der Waals surface area contributed by atoms with Gasteiger partial charge in [-0.15, -0.1) is 0 Å². The molecule has 2 aromatic rings. The molecule has 1 atom stereocenters. The third kappa shape index (κ3) is 5.65. The monoisotopic (exact) mass is 549 g/mol. The third-order valence-electron chi connectivity index (χ3n) is 4.75. The topological polar surface area (TPSA) is 125 Å². The number of halogens is 4. The van der Waals surface area contributed by atoms with Gasteiger partial charge in [0.1, 0.15) is 5.82 Å².